The molecule has 3 nitrogen and oxygen atoms in total. The molecule has 0 spiro atoms. The van der Waals surface area contributed by atoms with Crippen LogP contribution in [0.25, 0.3) is 10.9 Å². The fraction of sp³-hybridized carbons (Fsp3) is 0.231. The van der Waals surface area contributed by atoms with E-state index < -0.39 is 11.2 Å². The monoisotopic (exact) mass is 233 g/mol. The Morgan fingerprint density at radius 2 is 2.18 bits per heavy atom. The number of rotatable bonds is 3. The van der Waals surface area contributed by atoms with Crippen LogP contribution < -0.4 is 5.43 Å². The number of Topliss-reactive ketones (excluding diaryl/α,β-unsaturated/α-hetero) is 1. The molecular weight excluding hydrogens is 221 g/mol. The summed E-state index contributed by atoms with van der Waals surface area (Å²) in [7, 11) is 0. The van der Waals surface area contributed by atoms with Crippen molar-refractivity contribution >= 4 is 16.7 Å². The molecule has 1 aromatic carbocycles. The van der Waals surface area contributed by atoms with Crippen molar-refractivity contribution in [2.24, 2.45) is 0 Å². The zero-order valence-electron chi connectivity index (χ0n) is 9.42. The number of carbonyl (C=O) groups is 1. The largest absolute Gasteiger partial charge is 0.358 e. The molecule has 0 radical (unpaired) electrons. The standard InChI is InChI=1S/C13H12FNO2/c1-2-4-11(16)9-7-15-12-8(13(9)17)5-3-6-10(12)14/h3,5-7H,2,4H2,1H3,(H,15,17). The van der Waals surface area contributed by atoms with E-state index in [1.54, 1.807) is 0 Å². The van der Waals surface area contributed by atoms with Crippen molar-refractivity contribution in [3.8, 4) is 0 Å². The highest BCUT2D eigenvalue weighted by atomic mass is 19.1. The second-order valence-electron chi connectivity index (χ2n) is 3.87. The maximum atomic E-state index is 13.4. The van der Waals surface area contributed by atoms with E-state index in [1.807, 2.05) is 6.92 Å². The van der Waals surface area contributed by atoms with Gasteiger partial charge in [-0.15, -0.1) is 0 Å². The van der Waals surface area contributed by atoms with E-state index in [-0.39, 0.29) is 22.2 Å². The molecule has 0 aliphatic rings. The van der Waals surface area contributed by atoms with Gasteiger partial charge in [0.2, 0.25) is 0 Å². The first-order valence-electron chi connectivity index (χ1n) is 5.48. The summed E-state index contributed by atoms with van der Waals surface area (Å²) < 4.78 is 13.4. The van der Waals surface area contributed by atoms with Gasteiger partial charge in [0.25, 0.3) is 0 Å². The minimum atomic E-state index is -0.492. The van der Waals surface area contributed by atoms with Crippen molar-refractivity contribution < 1.29 is 9.18 Å². The summed E-state index contributed by atoms with van der Waals surface area (Å²) >= 11 is 0. The van der Waals surface area contributed by atoms with Gasteiger partial charge in [0, 0.05) is 18.0 Å². The highest BCUT2D eigenvalue weighted by molar-refractivity contribution is 5.98. The quantitative estimate of drug-likeness (QED) is 0.828. The fourth-order valence-corrected chi connectivity index (χ4v) is 1.78. The summed E-state index contributed by atoms with van der Waals surface area (Å²) in [5, 5.41) is 0.215. The summed E-state index contributed by atoms with van der Waals surface area (Å²) in [5.41, 5.74) is -0.160. The Balaban J connectivity index is 2.67. The van der Waals surface area contributed by atoms with Gasteiger partial charge in [-0.2, -0.15) is 0 Å². The Labute approximate surface area is 97.3 Å². The average Bonchev–Trinajstić information content (AvgIpc) is 2.31. The van der Waals surface area contributed by atoms with E-state index in [9.17, 15) is 14.0 Å². The molecule has 17 heavy (non-hydrogen) atoms. The molecule has 0 fully saturated rings. The Bertz CT molecular complexity index is 631. The van der Waals surface area contributed by atoms with Crippen LogP contribution >= 0.6 is 0 Å². The fourth-order valence-electron chi connectivity index (χ4n) is 1.78. The van der Waals surface area contributed by atoms with Crippen LogP contribution in [-0.2, 0) is 0 Å². The second-order valence-corrected chi connectivity index (χ2v) is 3.87. The smallest absolute Gasteiger partial charge is 0.200 e. The van der Waals surface area contributed by atoms with Crippen LogP contribution in [0.1, 0.15) is 30.1 Å². The van der Waals surface area contributed by atoms with Gasteiger partial charge in [0.15, 0.2) is 11.2 Å². The van der Waals surface area contributed by atoms with Gasteiger partial charge in [0.1, 0.15) is 5.82 Å². The molecular formula is C13H12FNO2. The third-order valence-corrected chi connectivity index (χ3v) is 2.64. The summed E-state index contributed by atoms with van der Waals surface area (Å²) in [6.45, 7) is 1.87. The van der Waals surface area contributed by atoms with Gasteiger partial charge >= 0.3 is 0 Å². The number of hydrogen-bond acceptors (Lipinski definition) is 2. The summed E-state index contributed by atoms with van der Waals surface area (Å²) in [6.07, 6.45) is 2.30. The van der Waals surface area contributed by atoms with E-state index >= 15 is 0 Å². The van der Waals surface area contributed by atoms with Crippen molar-refractivity contribution in [3.63, 3.8) is 0 Å². The van der Waals surface area contributed by atoms with Gasteiger partial charge in [-0.3, -0.25) is 9.59 Å². The minimum absolute atomic E-state index is 0.102. The lowest BCUT2D eigenvalue weighted by Gasteiger charge is -2.02. The summed E-state index contributed by atoms with van der Waals surface area (Å²) in [4.78, 5) is 26.3. The Morgan fingerprint density at radius 3 is 2.88 bits per heavy atom. The summed E-state index contributed by atoms with van der Waals surface area (Å²) in [5.74, 6) is -0.700. The lowest BCUT2D eigenvalue weighted by Crippen LogP contribution is -2.16. The molecule has 4 heteroatoms. The number of halogens is 1. The number of H-pyrrole nitrogens is 1. The topological polar surface area (TPSA) is 49.9 Å². The van der Waals surface area contributed by atoms with Gasteiger partial charge in [0.05, 0.1) is 11.1 Å². The highest BCUT2D eigenvalue weighted by Gasteiger charge is 2.13. The van der Waals surface area contributed by atoms with Crippen LogP contribution in [-0.4, -0.2) is 10.8 Å². The third kappa shape index (κ3) is 1.98. The number of benzene rings is 1. The summed E-state index contributed by atoms with van der Waals surface area (Å²) in [6, 6.07) is 4.24. The van der Waals surface area contributed by atoms with E-state index in [0.29, 0.717) is 12.8 Å². The van der Waals surface area contributed by atoms with Gasteiger partial charge in [-0.05, 0) is 18.6 Å². The molecule has 0 bridgehead atoms. The molecule has 0 aliphatic carbocycles. The van der Waals surface area contributed by atoms with Crippen LogP contribution in [0.5, 0.6) is 0 Å². The Kier molecular flexibility index (Phi) is 3.04. The zero-order valence-corrected chi connectivity index (χ0v) is 9.42. The van der Waals surface area contributed by atoms with Crippen LogP contribution in [0.3, 0.4) is 0 Å². The molecule has 0 amide bonds. The lowest BCUT2D eigenvalue weighted by atomic mass is 10.1. The number of hydrogen-bond donors (Lipinski definition) is 1. The second kappa shape index (κ2) is 4.49. The number of nitrogens with one attached hydrogen (secondary N) is 1. The van der Waals surface area contributed by atoms with Crippen molar-refractivity contribution in [2.75, 3.05) is 0 Å². The molecule has 0 aliphatic heterocycles. The molecule has 88 valence electrons. The van der Waals surface area contributed by atoms with Gasteiger partial charge in [-0.1, -0.05) is 13.0 Å². The first-order chi connectivity index (χ1) is 8.15. The van der Waals surface area contributed by atoms with Crippen molar-refractivity contribution in [1.29, 1.82) is 0 Å². The van der Waals surface area contributed by atoms with Crippen molar-refractivity contribution in [3.05, 3.63) is 46.0 Å². The van der Waals surface area contributed by atoms with E-state index in [2.05, 4.69) is 4.98 Å². The number of aromatic nitrogens is 1. The third-order valence-electron chi connectivity index (χ3n) is 2.64. The van der Waals surface area contributed by atoms with Gasteiger partial charge in [-0.25, -0.2) is 4.39 Å². The van der Waals surface area contributed by atoms with E-state index in [1.165, 1.54) is 24.4 Å². The normalized spacial score (nSPS) is 10.7. The molecule has 0 saturated carbocycles. The van der Waals surface area contributed by atoms with Crippen molar-refractivity contribution in [2.45, 2.75) is 19.8 Å². The molecule has 1 aromatic heterocycles. The van der Waals surface area contributed by atoms with Crippen LogP contribution in [0.4, 0.5) is 4.39 Å². The van der Waals surface area contributed by atoms with Crippen molar-refractivity contribution in [1.82, 2.24) is 4.98 Å². The molecule has 1 heterocycles. The Hall–Kier alpha value is -1.97. The number of aromatic amines is 1. The maximum Gasteiger partial charge on any atom is 0.200 e. The maximum absolute atomic E-state index is 13.4. The molecule has 0 unspecified atom stereocenters. The van der Waals surface area contributed by atoms with Gasteiger partial charge < -0.3 is 4.98 Å². The first-order valence-corrected chi connectivity index (χ1v) is 5.48. The number of pyridine rings is 1. The van der Waals surface area contributed by atoms with E-state index in [4.69, 9.17) is 0 Å². The van der Waals surface area contributed by atoms with Crippen LogP contribution in [0.2, 0.25) is 0 Å². The number of ketones is 1. The molecule has 1 N–H and O–H groups in total. The number of fused-ring (bicyclic) bond motifs is 1. The predicted molar refractivity (Wildman–Crippen MR) is 63.8 cm³/mol. The highest BCUT2D eigenvalue weighted by Crippen LogP contribution is 2.12. The Morgan fingerprint density at radius 1 is 1.41 bits per heavy atom. The van der Waals surface area contributed by atoms with E-state index in [0.717, 1.165) is 0 Å². The predicted octanol–water partition coefficient (Wildman–Crippen LogP) is 2.65. The SMILES string of the molecule is CCCC(=O)c1c[nH]c2c(F)cccc2c1=O. The number of para-hydroxylation sites is 1. The minimum Gasteiger partial charge on any atom is -0.358 e. The van der Waals surface area contributed by atoms with Crippen LogP contribution in [0, 0.1) is 5.82 Å². The average molecular weight is 233 g/mol. The molecule has 0 atom stereocenters. The lowest BCUT2D eigenvalue weighted by molar-refractivity contribution is 0.0980. The molecule has 0 saturated heterocycles. The number of carbonyl (C=O) groups excluding carboxylic acids is 1. The first kappa shape index (κ1) is 11.5. The van der Waals surface area contributed by atoms with Crippen LogP contribution in [0.15, 0.2) is 29.2 Å². The molecule has 2 aromatic rings. The zero-order chi connectivity index (χ0) is 12.4. The molecule has 2 rings (SSSR count).